The van der Waals surface area contributed by atoms with Crippen LogP contribution in [-0.4, -0.2) is 25.9 Å². The number of hydrogen-bond acceptors (Lipinski definition) is 4. The van der Waals surface area contributed by atoms with E-state index in [9.17, 15) is 9.00 Å². The lowest BCUT2D eigenvalue weighted by Gasteiger charge is -2.26. The van der Waals surface area contributed by atoms with Crippen LogP contribution in [0.4, 0.5) is 0 Å². The molecule has 0 fully saturated rings. The van der Waals surface area contributed by atoms with Gasteiger partial charge in [-0.1, -0.05) is 20.8 Å². The van der Waals surface area contributed by atoms with E-state index in [1.807, 2.05) is 26.2 Å². The first-order chi connectivity index (χ1) is 9.66. The summed E-state index contributed by atoms with van der Waals surface area (Å²) in [5.74, 6) is 0.562. The Morgan fingerprint density at radius 1 is 1.43 bits per heavy atom. The average molecular weight is 331 g/mol. The summed E-state index contributed by atoms with van der Waals surface area (Å²) in [7, 11) is -1.25. The highest BCUT2D eigenvalue weighted by Gasteiger charge is 2.26. The van der Waals surface area contributed by atoms with Crippen molar-refractivity contribution in [3.63, 3.8) is 0 Å². The van der Waals surface area contributed by atoms with Crippen molar-refractivity contribution in [3.05, 3.63) is 16.1 Å². The predicted molar refractivity (Wildman–Crippen MR) is 90.0 cm³/mol. The zero-order valence-electron chi connectivity index (χ0n) is 13.7. The molecule has 1 amide bonds. The highest BCUT2D eigenvalue weighted by Crippen LogP contribution is 2.20. The van der Waals surface area contributed by atoms with Gasteiger partial charge in [0.05, 0.1) is 16.5 Å². The lowest BCUT2D eigenvalue weighted by molar-refractivity contribution is -0.121. The van der Waals surface area contributed by atoms with Gasteiger partial charge in [-0.3, -0.25) is 9.00 Å². The largest absolute Gasteiger partial charge is 0.350 e. The number of rotatable bonds is 7. The first-order valence-corrected chi connectivity index (χ1v) is 9.56. The number of nitrogens with one attached hydrogen (secondary N) is 1. The Morgan fingerprint density at radius 3 is 2.52 bits per heavy atom. The monoisotopic (exact) mass is 330 g/mol. The topological polar surface area (TPSA) is 59.1 Å². The van der Waals surface area contributed by atoms with Gasteiger partial charge in [0.25, 0.3) is 0 Å². The van der Waals surface area contributed by atoms with Crippen LogP contribution in [0, 0.1) is 0 Å². The molecular weight excluding hydrogens is 304 g/mol. The molecule has 0 spiro atoms. The van der Waals surface area contributed by atoms with E-state index in [1.54, 1.807) is 18.3 Å². The molecule has 0 aliphatic carbocycles. The van der Waals surface area contributed by atoms with Crippen molar-refractivity contribution in [2.75, 3.05) is 0 Å². The summed E-state index contributed by atoms with van der Waals surface area (Å²) in [6, 6.07) is 0. The maximum Gasteiger partial charge on any atom is 0.235 e. The molecule has 0 unspecified atom stereocenters. The Balaban J connectivity index is 2.63. The third-order valence-corrected chi connectivity index (χ3v) is 6.24. The van der Waals surface area contributed by atoms with E-state index < -0.39 is 16.0 Å². The maximum absolute atomic E-state index is 12.3. The van der Waals surface area contributed by atoms with Crippen molar-refractivity contribution in [1.82, 2.24) is 10.3 Å². The molecule has 1 N–H and O–H groups in total. The van der Waals surface area contributed by atoms with Crippen molar-refractivity contribution in [2.45, 2.75) is 70.4 Å². The number of nitrogens with zero attached hydrogens (tertiary/aromatic N) is 1. The van der Waals surface area contributed by atoms with E-state index in [1.165, 1.54) is 0 Å². The van der Waals surface area contributed by atoms with Crippen molar-refractivity contribution in [2.24, 2.45) is 0 Å². The van der Waals surface area contributed by atoms with Gasteiger partial charge in [-0.05, 0) is 27.2 Å². The molecule has 0 radical (unpaired) electrons. The molecule has 0 aromatic carbocycles. The molecule has 0 bridgehead atoms. The highest BCUT2D eigenvalue weighted by atomic mass is 32.2. The molecule has 1 aromatic heterocycles. The van der Waals surface area contributed by atoms with Gasteiger partial charge in [-0.2, -0.15) is 0 Å². The van der Waals surface area contributed by atoms with E-state index in [4.69, 9.17) is 0 Å². The SMILES string of the molecule is CCC(C)(C)NC(=O)[C@@H](C)[S@](=O)Cc1csc(C(C)C)n1. The van der Waals surface area contributed by atoms with Gasteiger partial charge < -0.3 is 5.32 Å². The van der Waals surface area contributed by atoms with Crippen LogP contribution in [0.1, 0.15) is 64.6 Å². The number of carbonyl (C=O) groups excluding carboxylic acids is 1. The van der Waals surface area contributed by atoms with Crippen LogP contribution in [0.2, 0.25) is 0 Å². The Kier molecular flexibility index (Phi) is 6.53. The van der Waals surface area contributed by atoms with Crippen LogP contribution >= 0.6 is 11.3 Å². The van der Waals surface area contributed by atoms with E-state index in [-0.39, 0.29) is 11.4 Å². The Morgan fingerprint density at radius 2 is 2.05 bits per heavy atom. The molecule has 21 heavy (non-hydrogen) atoms. The predicted octanol–water partition coefficient (Wildman–Crippen LogP) is 3.21. The molecule has 0 aliphatic heterocycles. The van der Waals surface area contributed by atoms with E-state index in [0.29, 0.717) is 11.7 Å². The number of aromatic nitrogens is 1. The van der Waals surface area contributed by atoms with Gasteiger partial charge in [0.2, 0.25) is 5.91 Å². The zero-order valence-corrected chi connectivity index (χ0v) is 15.4. The first kappa shape index (κ1) is 18.3. The molecular formula is C15H26N2O2S2. The van der Waals surface area contributed by atoms with Crippen LogP contribution in [0.25, 0.3) is 0 Å². The number of carbonyl (C=O) groups is 1. The molecule has 0 saturated heterocycles. The second-order valence-electron chi connectivity index (χ2n) is 6.23. The number of hydrogen-bond donors (Lipinski definition) is 1. The van der Waals surface area contributed by atoms with Gasteiger partial charge in [0, 0.05) is 27.6 Å². The third-order valence-electron chi connectivity index (χ3n) is 3.46. The minimum absolute atomic E-state index is 0.153. The summed E-state index contributed by atoms with van der Waals surface area (Å²) < 4.78 is 12.3. The summed E-state index contributed by atoms with van der Waals surface area (Å²) in [6.45, 7) is 11.8. The molecule has 2 atom stereocenters. The molecule has 6 heteroatoms. The zero-order chi connectivity index (χ0) is 16.2. The van der Waals surface area contributed by atoms with E-state index in [0.717, 1.165) is 17.1 Å². The smallest absolute Gasteiger partial charge is 0.235 e. The van der Waals surface area contributed by atoms with Crippen LogP contribution in [-0.2, 0) is 21.3 Å². The van der Waals surface area contributed by atoms with Gasteiger partial charge in [-0.25, -0.2) is 4.98 Å². The van der Waals surface area contributed by atoms with Crippen LogP contribution in [0.5, 0.6) is 0 Å². The third kappa shape index (κ3) is 5.51. The number of amides is 1. The lowest BCUT2D eigenvalue weighted by atomic mass is 10.0. The Bertz CT molecular complexity index is 510. The van der Waals surface area contributed by atoms with Crippen LogP contribution < -0.4 is 5.32 Å². The van der Waals surface area contributed by atoms with Crippen molar-refractivity contribution in [1.29, 1.82) is 0 Å². The molecule has 120 valence electrons. The Hall–Kier alpha value is -0.750. The average Bonchev–Trinajstić information content (AvgIpc) is 2.86. The summed E-state index contributed by atoms with van der Waals surface area (Å²) in [4.78, 5) is 16.6. The minimum atomic E-state index is -1.25. The van der Waals surface area contributed by atoms with Crippen LogP contribution in [0.3, 0.4) is 0 Å². The molecule has 0 saturated carbocycles. The molecule has 1 heterocycles. The van der Waals surface area contributed by atoms with Crippen molar-refractivity contribution in [3.8, 4) is 0 Å². The second-order valence-corrected chi connectivity index (χ2v) is 8.87. The summed E-state index contributed by atoms with van der Waals surface area (Å²) in [5.41, 5.74) is 0.553. The van der Waals surface area contributed by atoms with Crippen LogP contribution in [0.15, 0.2) is 5.38 Å². The lowest BCUT2D eigenvalue weighted by Crippen LogP contribution is -2.47. The molecule has 0 aliphatic rings. The van der Waals surface area contributed by atoms with Crippen molar-refractivity contribution < 1.29 is 9.00 Å². The number of thiazole rings is 1. The summed E-state index contributed by atoms with van der Waals surface area (Å²) >= 11 is 1.59. The molecule has 1 aromatic rings. The fourth-order valence-electron chi connectivity index (χ4n) is 1.57. The van der Waals surface area contributed by atoms with E-state index >= 15 is 0 Å². The fourth-order valence-corrected chi connectivity index (χ4v) is 3.50. The normalized spacial score (nSPS) is 15.0. The van der Waals surface area contributed by atoms with Gasteiger partial charge >= 0.3 is 0 Å². The molecule has 1 rings (SSSR count). The van der Waals surface area contributed by atoms with Gasteiger partial charge in [-0.15, -0.1) is 11.3 Å². The van der Waals surface area contributed by atoms with Gasteiger partial charge in [0.1, 0.15) is 5.25 Å². The second kappa shape index (κ2) is 7.49. The van der Waals surface area contributed by atoms with E-state index in [2.05, 4.69) is 24.1 Å². The van der Waals surface area contributed by atoms with Gasteiger partial charge in [0.15, 0.2) is 0 Å². The first-order valence-electron chi connectivity index (χ1n) is 7.29. The summed E-state index contributed by atoms with van der Waals surface area (Å²) in [6.07, 6.45) is 0.835. The highest BCUT2D eigenvalue weighted by molar-refractivity contribution is 7.85. The minimum Gasteiger partial charge on any atom is -0.350 e. The molecule has 4 nitrogen and oxygen atoms in total. The van der Waals surface area contributed by atoms with Crippen molar-refractivity contribution >= 4 is 28.0 Å². The fraction of sp³-hybridized carbons (Fsp3) is 0.733. The maximum atomic E-state index is 12.3. The summed E-state index contributed by atoms with van der Waals surface area (Å²) in [5, 5.41) is 5.40. The Labute approximate surface area is 134 Å². The quantitative estimate of drug-likeness (QED) is 0.835. The standard InChI is InChI=1S/C15H26N2O2S2/c1-7-15(5,6)17-13(18)11(4)21(19)9-12-8-20-14(16-12)10(2)3/h8,10-11H,7,9H2,1-6H3,(H,17,18)/t11-,21-/m1/s1.